The first-order valence-electron chi connectivity index (χ1n) is 30.6. The molecule has 0 saturated heterocycles. The number of benzene rings is 4. The van der Waals surface area contributed by atoms with E-state index in [9.17, 15) is 69.6 Å². The summed E-state index contributed by atoms with van der Waals surface area (Å²) in [6.45, 7) is 15.1. The van der Waals surface area contributed by atoms with Crippen LogP contribution in [0.15, 0.2) is 115 Å². The van der Waals surface area contributed by atoms with Crippen molar-refractivity contribution < 1.29 is 38.9 Å². The summed E-state index contributed by atoms with van der Waals surface area (Å²) in [7, 11) is 3.01. The van der Waals surface area contributed by atoms with E-state index >= 15 is 0 Å². The Morgan fingerprint density at radius 2 is 0.820 bits per heavy atom. The second-order valence-electron chi connectivity index (χ2n) is 20.1. The number of methoxy groups -OCH3 is 2. The van der Waals surface area contributed by atoms with Gasteiger partial charge in [0.2, 0.25) is 0 Å². The van der Waals surface area contributed by atoms with E-state index < -0.39 is 23.6 Å². The number of amides is 4. The van der Waals surface area contributed by atoms with Crippen molar-refractivity contribution in [3.63, 3.8) is 0 Å². The Balaban J connectivity index is 0.000000240. The Kier molecular flexibility index (Phi) is 31.1. The molecule has 0 bridgehead atoms. The second kappa shape index (κ2) is 39.1. The third kappa shape index (κ3) is 20.4. The summed E-state index contributed by atoms with van der Waals surface area (Å²) in [6.07, 6.45) is 11.8. The highest BCUT2D eigenvalue weighted by molar-refractivity contribution is 9.10. The number of aromatic nitrogens is 4. The summed E-state index contributed by atoms with van der Waals surface area (Å²) in [4.78, 5) is 98.8. The monoisotopic (exact) mass is 1490 g/mol. The smallest absolute Gasteiger partial charge is 0.269 e. The Bertz CT molecular complexity index is 5410. The van der Waals surface area contributed by atoms with Crippen LogP contribution in [0.25, 0.3) is 46.6 Å². The molecule has 29 heteroatoms. The number of thiazole rings is 4. The van der Waals surface area contributed by atoms with Crippen molar-refractivity contribution in [1.29, 1.82) is 21.0 Å². The normalized spacial score (nSPS) is 12.4. The number of carbonyl (C=O) groups excluding carboxylic acids is 4. The first-order valence-corrected chi connectivity index (χ1v) is 34.7. The van der Waals surface area contributed by atoms with Gasteiger partial charge in [0.25, 0.3) is 45.9 Å². The molecule has 0 radical (unpaired) electrons. The molecule has 8 rings (SSSR count). The van der Waals surface area contributed by atoms with Crippen LogP contribution < -0.4 is 89.8 Å². The van der Waals surface area contributed by atoms with Crippen LogP contribution in [0.4, 0.5) is 0 Å². The Morgan fingerprint density at radius 3 is 1.15 bits per heavy atom. The number of nitrogens with zero attached hydrogens (tertiary/aromatic N) is 8. The van der Waals surface area contributed by atoms with Crippen molar-refractivity contribution in [2.75, 3.05) is 40.4 Å². The quantitative estimate of drug-likeness (QED) is 0.0670. The van der Waals surface area contributed by atoms with E-state index in [0.717, 1.165) is 60.9 Å². The van der Waals surface area contributed by atoms with Crippen molar-refractivity contribution >= 4 is 132 Å². The van der Waals surface area contributed by atoms with Crippen molar-refractivity contribution in [3.8, 4) is 59.6 Å². The highest BCUT2D eigenvalue weighted by Crippen LogP contribution is 2.26. The van der Waals surface area contributed by atoms with Gasteiger partial charge in [-0.25, -0.2) is 0 Å². The van der Waals surface area contributed by atoms with E-state index in [4.69, 9.17) is 15.9 Å². The summed E-state index contributed by atoms with van der Waals surface area (Å²) in [5.41, 5.74) is 1.67. The number of hydrogen-bond donors (Lipinski definition) is 6. The van der Waals surface area contributed by atoms with Gasteiger partial charge in [-0.15, -0.1) is 51.8 Å². The highest BCUT2D eigenvalue weighted by Gasteiger charge is 2.19. The van der Waals surface area contributed by atoms with E-state index in [2.05, 4.69) is 43.1 Å². The molecular weight excluding hydrogens is 1420 g/mol. The summed E-state index contributed by atoms with van der Waals surface area (Å²) in [6, 6.07) is 33.6. The minimum atomic E-state index is -0.618. The zero-order valence-electron chi connectivity index (χ0n) is 55.8. The number of terminal acetylenes is 1. The van der Waals surface area contributed by atoms with Gasteiger partial charge < -0.3 is 41.0 Å². The molecule has 0 fully saturated rings. The fraction of sp³-hybridized carbons (Fsp3) is 0.239. The van der Waals surface area contributed by atoms with Crippen LogP contribution in [0.2, 0.25) is 0 Å². The zero-order chi connectivity index (χ0) is 73.8. The molecule has 4 heterocycles. The molecular formula is C71H69BrN12O12S4. The maximum absolute atomic E-state index is 12.7. The average molecular weight is 1490 g/mol. The molecule has 6 N–H and O–H groups in total. The lowest BCUT2D eigenvalue weighted by Gasteiger charge is -2.03. The molecule has 516 valence electrons. The molecule has 4 aromatic heterocycles. The van der Waals surface area contributed by atoms with Crippen molar-refractivity contribution in [2.45, 2.75) is 74.6 Å². The molecule has 0 atom stereocenters. The van der Waals surface area contributed by atoms with Crippen LogP contribution in [0.5, 0.6) is 23.0 Å². The highest BCUT2D eigenvalue weighted by atomic mass is 79.9. The third-order valence-corrected chi connectivity index (χ3v) is 18.7. The molecule has 4 aromatic carbocycles. The number of rotatable bonds is 18. The minimum absolute atomic E-state index is 0.00109. The topological polar surface area (TPSA) is 358 Å². The fourth-order valence-corrected chi connectivity index (χ4v) is 13.9. The van der Waals surface area contributed by atoms with Crippen LogP contribution in [0.3, 0.4) is 0 Å². The van der Waals surface area contributed by atoms with Gasteiger partial charge in [0, 0.05) is 50.3 Å². The number of ether oxygens (including phenoxy) is 2. The van der Waals surface area contributed by atoms with Gasteiger partial charge in [-0.05, 0) is 144 Å². The number of carbonyl (C=O) groups is 4. The largest absolute Gasteiger partial charge is 0.508 e. The molecule has 24 nitrogen and oxygen atoms in total. The number of aromatic hydroxyl groups is 2. The van der Waals surface area contributed by atoms with Crippen LogP contribution >= 0.6 is 61.3 Å². The van der Waals surface area contributed by atoms with Crippen molar-refractivity contribution in [3.05, 3.63) is 196 Å². The molecule has 0 aliphatic heterocycles. The van der Waals surface area contributed by atoms with Gasteiger partial charge in [0.15, 0.2) is 33.8 Å². The van der Waals surface area contributed by atoms with Gasteiger partial charge in [0.05, 0.1) is 38.9 Å². The van der Waals surface area contributed by atoms with Gasteiger partial charge in [-0.2, -0.15) is 21.0 Å². The Labute approximate surface area is 597 Å². The molecule has 8 aromatic rings. The van der Waals surface area contributed by atoms with Gasteiger partial charge in [0.1, 0.15) is 54.4 Å². The van der Waals surface area contributed by atoms with Gasteiger partial charge >= 0.3 is 0 Å². The van der Waals surface area contributed by atoms with Crippen LogP contribution in [0, 0.1) is 57.7 Å². The van der Waals surface area contributed by atoms with Crippen LogP contribution in [-0.2, 0) is 45.4 Å². The molecule has 100 heavy (non-hydrogen) atoms. The summed E-state index contributed by atoms with van der Waals surface area (Å²) in [5, 5.41) is 66.9. The second-order valence-corrected chi connectivity index (χ2v) is 25.2. The predicted octanol–water partition coefficient (Wildman–Crippen LogP) is 2.08. The van der Waals surface area contributed by atoms with Gasteiger partial charge in [-0.3, -0.25) is 56.6 Å². The van der Waals surface area contributed by atoms with Gasteiger partial charge in [-0.1, -0.05) is 64.3 Å². The number of phenols is 2. The first kappa shape index (κ1) is 79.3. The lowest BCUT2D eigenvalue weighted by atomic mass is 10.2. The average Bonchev–Trinajstić information content (AvgIpc) is 1.68. The van der Waals surface area contributed by atoms with Crippen molar-refractivity contribution in [2.24, 2.45) is 0 Å². The Hall–Kier alpha value is -11.4. The van der Waals surface area contributed by atoms with E-state index in [-0.39, 0.29) is 73.0 Å². The van der Waals surface area contributed by atoms with Crippen LogP contribution in [-0.4, -0.2) is 92.5 Å². The van der Waals surface area contributed by atoms with E-state index in [1.165, 1.54) is 43.6 Å². The predicted molar refractivity (Wildman–Crippen MR) is 392 cm³/mol. The van der Waals surface area contributed by atoms with E-state index in [1.54, 1.807) is 97.2 Å². The summed E-state index contributed by atoms with van der Waals surface area (Å²) in [5.74, 6) is 1.27. The number of nitrogens with one attached hydrogen (secondary N) is 4. The molecule has 0 aliphatic carbocycles. The molecule has 0 spiro atoms. The van der Waals surface area contributed by atoms with Crippen LogP contribution in [0.1, 0.15) is 70.7 Å². The minimum Gasteiger partial charge on any atom is -0.508 e. The molecule has 4 amide bonds. The van der Waals surface area contributed by atoms with E-state index in [1.807, 2.05) is 79.7 Å². The summed E-state index contributed by atoms with van der Waals surface area (Å²) < 4.78 is 19.9. The maximum Gasteiger partial charge on any atom is 0.269 e. The number of hydrogen-bond acceptors (Lipinski definition) is 20. The molecule has 0 aliphatic rings. The zero-order valence-corrected chi connectivity index (χ0v) is 60.6. The number of phenolic OH excluding ortho intramolecular Hbond substituents is 2. The lowest BCUT2D eigenvalue weighted by Crippen LogP contribution is -2.34. The molecule has 0 unspecified atom stereocenters. The SMILES string of the molecule is C#CCNC(=O)/C(C#N)=c1\s/c(=C\c2cccc(O)c2)c(=O)n1CC.CCNC(=O)/C(C#N)=c1\s/c(=C\c2ccc(Br)cc2)c(=O)n1CC.CCNC(=O)/C(C#N)=c1\s/c(=C\c2ccc(O)c(OC)c2)c(=O)n1CC.CCNC(=O)/C(C#N)=c1\s/c(=C\c2cccc(OC)c2)c(=O)n1CC. The Morgan fingerprint density at radius 1 is 0.480 bits per heavy atom. The number of nitriles is 4. The first-order chi connectivity index (χ1) is 48.0. The van der Waals surface area contributed by atoms with Crippen molar-refractivity contribution in [1.82, 2.24) is 39.5 Å². The molecule has 0 saturated carbocycles. The lowest BCUT2D eigenvalue weighted by molar-refractivity contribution is -0.116. The standard InChI is InChI=1S/C18H19N3O4S.C18H19N3O3S.C18H15N3O3S.C17H16BrN3O2S/c1-4-20-16(23)12(10-19)18-21(5-2)17(24)15(26-18)9-11-6-7-13(22)14(8-11)25-3;1-4-20-16(22)14(11-19)18-21(5-2)17(23)15(25-18)10-12-7-6-8-13(9-12)24-3;1-3-8-20-16(23)14(11-19)18-21(4-2)17(24)15(25-18)10-12-6-5-7-13(22)9-12;1-3-20-15(22)13(10-19)17-21(4-2)16(23)14(24-17)9-11-5-7-12(18)8-6-11/h6-9,22H,4-5H2,1-3H3,(H,20,23);6-10H,4-5H2,1-3H3,(H,20,22);1,5-7,9-10,22H,4,8H2,2H3,(H,20,23);5-9H,3-4H2,1-2H3,(H,20,22)/b15-9-,18-12-;2*15-10-,18-14-;14-9-,17-13-. The third-order valence-electron chi connectivity index (χ3n) is 13.7. The fourth-order valence-electron chi connectivity index (χ4n) is 9.01. The number of halogens is 1. The summed E-state index contributed by atoms with van der Waals surface area (Å²) >= 11 is 7.80. The maximum atomic E-state index is 12.7. The van der Waals surface area contributed by atoms with E-state index in [0.29, 0.717) is 94.8 Å².